The van der Waals surface area contributed by atoms with Crippen LogP contribution >= 0.6 is 46.7 Å². The van der Waals surface area contributed by atoms with Crippen LogP contribution in [-0.4, -0.2) is 67.3 Å². The van der Waals surface area contributed by atoms with Crippen molar-refractivity contribution in [3.8, 4) is 5.75 Å². The van der Waals surface area contributed by atoms with Crippen LogP contribution in [0, 0.1) is 13.8 Å². The molecule has 11 heteroatoms. The zero-order chi connectivity index (χ0) is 22.0. The summed E-state index contributed by atoms with van der Waals surface area (Å²) in [5.74, 6) is 0.576. The Kier molecular flexibility index (Phi) is 8.71. The van der Waals surface area contributed by atoms with Crippen molar-refractivity contribution in [1.29, 1.82) is 0 Å². The molecule has 0 saturated carbocycles. The van der Waals surface area contributed by atoms with Gasteiger partial charge < -0.3 is 9.47 Å². The molecule has 1 aromatic carbocycles. The average Bonchev–Trinajstić information content (AvgIpc) is 3.35. The zero-order valence-corrected chi connectivity index (χ0v) is 21.4. The largest absolute Gasteiger partial charge is 0.494 e. The molecule has 174 valence electrons. The molecule has 2 aromatic heterocycles. The zero-order valence-electron chi connectivity index (χ0n) is 18.2. The van der Waals surface area contributed by atoms with Crippen molar-refractivity contribution in [3.05, 3.63) is 32.7 Å². The van der Waals surface area contributed by atoms with E-state index >= 15 is 0 Å². The highest BCUT2D eigenvalue weighted by molar-refractivity contribution is 7.23. The Labute approximate surface area is 206 Å². The number of morpholine rings is 1. The van der Waals surface area contributed by atoms with Crippen LogP contribution in [0.4, 0.5) is 5.13 Å². The number of aryl methyl sites for hydroxylation is 2. The molecule has 1 fully saturated rings. The lowest BCUT2D eigenvalue weighted by Gasteiger charge is -2.27. The second-order valence-electron chi connectivity index (χ2n) is 7.34. The van der Waals surface area contributed by atoms with Gasteiger partial charge in [0.1, 0.15) is 16.1 Å². The number of methoxy groups -OCH3 is 1. The van der Waals surface area contributed by atoms with Crippen LogP contribution in [0.15, 0.2) is 12.1 Å². The summed E-state index contributed by atoms with van der Waals surface area (Å²) in [4.78, 5) is 27.5. The number of thiazole rings is 2. The maximum absolute atomic E-state index is 13.5. The maximum Gasteiger partial charge on any atom is 0.272 e. The molecule has 7 nitrogen and oxygen atoms in total. The van der Waals surface area contributed by atoms with Gasteiger partial charge >= 0.3 is 0 Å². The Balaban J connectivity index is 0.00000289. The van der Waals surface area contributed by atoms with Gasteiger partial charge in [0, 0.05) is 26.2 Å². The van der Waals surface area contributed by atoms with Crippen LogP contribution < -0.4 is 9.64 Å². The van der Waals surface area contributed by atoms with Crippen molar-refractivity contribution in [1.82, 2.24) is 14.9 Å². The molecule has 1 amide bonds. The van der Waals surface area contributed by atoms with Gasteiger partial charge in [0.15, 0.2) is 5.13 Å². The summed E-state index contributed by atoms with van der Waals surface area (Å²) in [6.07, 6.45) is 0.837. The third kappa shape index (κ3) is 5.35. The number of hydrogen-bond acceptors (Lipinski definition) is 8. The summed E-state index contributed by atoms with van der Waals surface area (Å²) in [7, 11) is 1.61. The molecule has 0 radical (unpaired) electrons. The number of fused-ring (bicyclic) bond motifs is 1. The normalized spacial score (nSPS) is 14.4. The predicted molar refractivity (Wildman–Crippen MR) is 134 cm³/mol. The van der Waals surface area contributed by atoms with Crippen LogP contribution in [0.5, 0.6) is 5.75 Å². The third-order valence-corrected chi connectivity index (χ3v) is 7.80. The number of halogens is 2. The van der Waals surface area contributed by atoms with Crippen molar-refractivity contribution < 1.29 is 14.3 Å². The minimum absolute atomic E-state index is 0. The van der Waals surface area contributed by atoms with Gasteiger partial charge in [0.25, 0.3) is 5.91 Å². The lowest BCUT2D eigenvalue weighted by molar-refractivity contribution is 0.0376. The first-order valence-electron chi connectivity index (χ1n) is 10.2. The highest BCUT2D eigenvalue weighted by Gasteiger charge is 2.26. The fourth-order valence-corrected chi connectivity index (χ4v) is 5.78. The van der Waals surface area contributed by atoms with Gasteiger partial charge in [-0.25, -0.2) is 9.97 Å². The number of anilines is 1. The van der Waals surface area contributed by atoms with Crippen molar-refractivity contribution >= 4 is 67.9 Å². The number of benzene rings is 1. The van der Waals surface area contributed by atoms with E-state index in [0.29, 0.717) is 32.8 Å². The van der Waals surface area contributed by atoms with E-state index in [1.807, 2.05) is 13.8 Å². The van der Waals surface area contributed by atoms with Crippen molar-refractivity contribution in [2.24, 2.45) is 0 Å². The second kappa shape index (κ2) is 11.1. The van der Waals surface area contributed by atoms with Crippen molar-refractivity contribution in [2.45, 2.75) is 20.3 Å². The summed E-state index contributed by atoms with van der Waals surface area (Å²) in [6.45, 7) is 8.63. The fraction of sp³-hybridized carbons (Fsp3) is 0.476. The summed E-state index contributed by atoms with van der Waals surface area (Å²) >= 11 is 9.26. The maximum atomic E-state index is 13.5. The number of ether oxygens (including phenoxy) is 2. The first-order valence-corrected chi connectivity index (χ1v) is 12.2. The summed E-state index contributed by atoms with van der Waals surface area (Å²) < 4.78 is 11.7. The van der Waals surface area contributed by atoms with Crippen molar-refractivity contribution in [2.75, 3.05) is 51.4 Å². The van der Waals surface area contributed by atoms with E-state index in [2.05, 4.69) is 9.88 Å². The summed E-state index contributed by atoms with van der Waals surface area (Å²) in [5, 5.41) is 2.10. The van der Waals surface area contributed by atoms with Gasteiger partial charge in [-0.05, 0) is 32.4 Å². The van der Waals surface area contributed by atoms with Crippen molar-refractivity contribution in [3.63, 3.8) is 0 Å². The molecule has 1 saturated heterocycles. The molecule has 0 unspecified atom stereocenters. The first kappa shape index (κ1) is 25.1. The average molecular weight is 518 g/mol. The van der Waals surface area contributed by atoms with Crippen LogP contribution in [0.2, 0.25) is 5.02 Å². The Morgan fingerprint density at radius 2 is 2.00 bits per heavy atom. The first-order chi connectivity index (χ1) is 15.0. The summed E-state index contributed by atoms with van der Waals surface area (Å²) in [5.41, 5.74) is 1.43. The van der Waals surface area contributed by atoms with Crippen LogP contribution in [0.25, 0.3) is 10.2 Å². The molecule has 3 heterocycles. The summed E-state index contributed by atoms with van der Waals surface area (Å²) in [6, 6.07) is 3.60. The van der Waals surface area contributed by atoms with Crippen LogP contribution in [0.3, 0.4) is 0 Å². The highest BCUT2D eigenvalue weighted by atomic mass is 35.5. The molecular weight excluding hydrogens is 491 g/mol. The van der Waals surface area contributed by atoms with E-state index in [9.17, 15) is 4.79 Å². The van der Waals surface area contributed by atoms with Gasteiger partial charge in [-0.3, -0.25) is 14.6 Å². The molecular formula is C21H26Cl2N4O3S2. The minimum Gasteiger partial charge on any atom is -0.494 e. The number of carbonyl (C=O) groups is 1. The van der Waals surface area contributed by atoms with E-state index in [1.54, 1.807) is 24.1 Å². The topological polar surface area (TPSA) is 67.8 Å². The van der Waals surface area contributed by atoms with Gasteiger partial charge in [-0.2, -0.15) is 0 Å². The van der Waals surface area contributed by atoms with E-state index < -0.39 is 0 Å². The monoisotopic (exact) mass is 516 g/mol. The van der Waals surface area contributed by atoms with Crippen LogP contribution in [0.1, 0.15) is 26.8 Å². The quantitative estimate of drug-likeness (QED) is 0.448. The van der Waals surface area contributed by atoms with Gasteiger partial charge in [-0.15, -0.1) is 23.7 Å². The molecule has 0 N–H and O–H groups in total. The Hall–Kier alpha value is -1.49. The van der Waals surface area contributed by atoms with E-state index in [1.165, 1.54) is 22.7 Å². The number of rotatable bonds is 7. The lowest BCUT2D eigenvalue weighted by Crippen LogP contribution is -2.39. The molecule has 0 atom stereocenters. The fourth-order valence-electron chi connectivity index (χ4n) is 3.63. The molecule has 3 aromatic rings. The van der Waals surface area contributed by atoms with Crippen LogP contribution in [-0.2, 0) is 4.74 Å². The van der Waals surface area contributed by atoms with Gasteiger partial charge in [0.05, 0.1) is 40.7 Å². The number of nitrogens with zero attached hydrogens (tertiary/aromatic N) is 4. The number of hydrogen-bond donors (Lipinski definition) is 0. The minimum atomic E-state index is -0.0702. The number of amides is 1. The standard InChI is InChI=1S/C21H25ClN4O3S2.ClH/c1-13-18(30-14(2)23-13)20(27)26(8-4-7-25-9-11-29-12-10-25)21-24-17-16(28-3)6-5-15(22)19(17)31-21;/h5-6H,4,7-12H2,1-3H3;1H. The van der Waals surface area contributed by atoms with Gasteiger partial charge in [0.2, 0.25) is 0 Å². The smallest absolute Gasteiger partial charge is 0.272 e. The SMILES string of the molecule is COc1ccc(Cl)c2sc(N(CCCN3CCOCC3)C(=O)c3sc(C)nc3C)nc12.Cl. The molecule has 1 aliphatic rings. The van der Waals surface area contributed by atoms with E-state index in [-0.39, 0.29) is 18.3 Å². The molecule has 4 rings (SSSR count). The third-order valence-electron chi connectivity index (χ3n) is 5.20. The molecule has 0 aliphatic carbocycles. The Bertz CT molecular complexity index is 1080. The molecule has 32 heavy (non-hydrogen) atoms. The molecule has 1 aliphatic heterocycles. The Morgan fingerprint density at radius 3 is 2.66 bits per heavy atom. The second-order valence-corrected chi connectivity index (χ2v) is 9.92. The highest BCUT2D eigenvalue weighted by Crippen LogP contribution is 2.39. The van der Waals surface area contributed by atoms with E-state index in [4.69, 9.17) is 26.1 Å². The lowest BCUT2D eigenvalue weighted by atomic mass is 10.3. The number of aromatic nitrogens is 2. The van der Waals surface area contributed by atoms with Gasteiger partial charge in [-0.1, -0.05) is 22.9 Å². The molecule has 0 spiro atoms. The number of carbonyl (C=O) groups excluding carboxylic acids is 1. The molecule has 0 bridgehead atoms. The predicted octanol–water partition coefficient (Wildman–Crippen LogP) is 4.82. The Morgan fingerprint density at radius 1 is 1.25 bits per heavy atom. The van der Waals surface area contributed by atoms with E-state index in [0.717, 1.165) is 54.7 Å².